The first-order valence-corrected chi connectivity index (χ1v) is 10.1. The van der Waals surface area contributed by atoms with E-state index in [4.69, 9.17) is 14.6 Å². The Hall–Kier alpha value is -3.13. The number of aromatic nitrogens is 1. The van der Waals surface area contributed by atoms with Crippen LogP contribution in [0.1, 0.15) is 36.5 Å². The lowest BCUT2D eigenvalue weighted by atomic mass is 10.2. The molecule has 1 aliphatic heterocycles. The Morgan fingerprint density at radius 2 is 2.00 bits per heavy atom. The summed E-state index contributed by atoms with van der Waals surface area (Å²) in [5.74, 6) is 0.573. The van der Waals surface area contributed by atoms with Gasteiger partial charge in [0.2, 0.25) is 11.8 Å². The number of carbonyl (C=O) groups is 2. The molecule has 0 fully saturated rings. The molecule has 2 amide bonds. The number of hydrogen-bond acceptors (Lipinski definition) is 6. The van der Waals surface area contributed by atoms with Crippen molar-refractivity contribution in [2.24, 2.45) is 0 Å². The largest absolute Gasteiger partial charge is 0.490 e. The minimum atomic E-state index is -0.380. The fraction of sp³-hybridized carbons (Fsp3) is 0.409. The summed E-state index contributed by atoms with van der Waals surface area (Å²) >= 11 is 0. The molecule has 0 unspecified atom stereocenters. The van der Waals surface area contributed by atoms with Gasteiger partial charge in [0.15, 0.2) is 11.5 Å². The van der Waals surface area contributed by atoms with Crippen LogP contribution < -0.4 is 14.8 Å². The van der Waals surface area contributed by atoms with E-state index >= 15 is 0 Å². The zero-order valence-electron chi connectivity index (χ0n) is 17.0. The number of rotatable bonds is 4. The third kappa shape index (κ3) is 5.70. The highest BCUT2D eigenvalue weighted by Crippen LogP contribution is 2.32. The molecule has 1 atom stereocenters. The highest BCUT2D eigenvalue weighted by molar-refractivity contribution is 5.98. The van der Waals surface area contributed by atoms with Crippen molar-refractivity contribution >= 4 is 11.8 Å². The van der Waals surface area contributed by atoms with Crippen LogP contribution in [0.5, 0.6) is 17.4 Å². The van der Waals surface area contributed by atoms with E-state index in [1.807, 2.05) is 18.2 Å². The first-order valence-electron chi connectivity index (χ1n) is 10.1. The average molecular weight is 413 g/mol. The highest BCUT2D eigenvalue weighted by atomic mass is 16.5. The van der Waals surface area contributed by atoms with Gasteiger partial charge in [-0.05, 0) is 50.5 Å². The van der Waals surface area contributed by atoms with Gasteiger partial charge in [-0.3, -0.25) is 9.59 Å². The number of nitrogens with zero attached hydrogens (tertiary/aromatic N) is 2. The van der Waals surface area contributed by atoms with Crippen molar-refractivity contribution in [1.82, 2.24) is 15.2 Å². The molecule has 2 heterocycles. The van der Waals surface area contributed by atoms with Crippen LogP contribution >= 0.6 is 0 Å². The zero-order chi connectivity index (χ0) is 21.3. The molecule has 0 saturated carbocycles. The quantitative estimate of drug-likeness (QED) is 0.798. The second-order valence-corrected chi connectivity index (χ2v) is 7.19. The summed E-state index contributed by atoms with van der Waals surface area (Å²) in [6.07, 6.45) is 3.94. The maximum atomic E-state index is 13.3. The summed E-state index contributed by atoms with van der Waals surface area (Å²) < 4.78 is 11.8. The van der Waals surface area contributed by atoms with Gasteiger partial charge in [0.05, 0.1) is 19.8 Å². The Morgan fingerprint density at radius 3 is 2.80 bits per heavy atom. The van der Waals surface area contributed by atoms with Gasteiger partial charge < -0.3 is 24.8 Å². The number of benzene rings is 1. The maximum absolute atomic E-state index is 13.3. The summed E-state index contributed by atoms with van der Waals surface area (Å²) in [4.78, 5) is 31.4. The molecule has 0 spiro atoms. The van der Waals surface area contributed by atoms with Crippen LogP contribution in [0.15, 0.2) is 42.6 Å². The molecule has 0 saturated heterocycles. The standard InChI is InChI=1S/C22H27N3O5/c1-16(15-26)24-20(27)14-25-12-5-2-6-13-29-18-9-3-4-10-19(18)30-21-17(22(25)28)8-7-11-23-21/h3-4,7-11,16,26H,2,5-6,12-15H2,1H3,(H,24,27)/t16-/m0/s1. The number of amides is 2. The lowest BCUT2D eigenvalue weighted by Crippen LogP contribution is -2.44. The van der Waals surface area contributed by atoms with Crippen LogP contribution in [0.2, 0.25) is 0 Å². The van der Waals surface area contributed by atoms with E-state index in [1.165, 1.54) is 4.90 Å². The van der Waals surface area contributed by atoms with E-state index in [2.05, 4.69) is 10.3 Å². The lowest BCUT2D eigenvalue weighted by Gasteiger charge is -2.23. The molecule has 0 aliphatic carbocycles. The SMILES string of the molecule is C[C@@H](CO)NC(=O)CN1CCCCCOc2ccccc2Oc2ncccc2C1=O. The molecule has 1 aromatic carbocycles. The Kier molecular flexibility index (Phi) is 7.62. The van der Waals surface area contributed by atoms with Crippen molar-refractivity contribution in [2.75, 3.05) is 26.3 Å². The van der Waals surface area contributed by atoms with Crippen LogP contribution in [-0.2, 0) is 4.79 Å². The number of aliphatic hydroxyl groups is 1. The fourth-order valence-electron chi connectivity index (χ4n) is 3.12. The van der Waals surface area contributed by atoms with Gasteiger partial charge in [0, 0.05) is 18.8 Å². The molecule has 3 rings (SSSR count). The van der Waals surface area contributed by atoms with E-state index in [-0.39, 0.29) is 42.5 Å². The van der Waals surface area contributed by atoms with Crippen LogP contribution in [0.4, 0.5) is 0 Å². The molecule has 160 valence electrons. The van der Waals surface area contributed by atoms with Crippen molar-refractivity contribution in [3.63, 3.8) is 0 Å². The van der Waals surface area contributed by atoms with Crippen molar-refractivity contribution in [1.29, 1.82) is 0 Å². The fourth-order valence-corrected chi connectivity index (χ4v) is 3.12. The average Bonchev–Trinajstić information content (AvgIpc) is 2.76. The minimum absolute atomic E-state index is 0.107. The molecule has 8 nitrogen and oxygen atoms in total. The topological polar surface area (TPSA) is 101 Å². The Labute approximate surface area is 175 Å². The number of carbonyl (C=O) groups excluding carboxylic acids is 2. The molecule has 2 N–H and O–H groups in total. The van der Waals surface area contributed by atoms with E-state index < -0.39 is 0 Å². The lowest BCUT2D eigenvalue weighted by molar-refractivity contribution is -0.122. The van der Waals surface area contributed by atoms with Gasteiger partial charge in [-0.1, -0.05) is 12.1 Å². The minimum Gasteiger partial charge on any atom is -0.490 e. The smallest absolute Gasteiger partial charge is 0.259 e. The molecule has 2 aromatic rings. The third-order valence-electron chi connectivity index (χ3n) is 4.69. The van der Waals surface area contributed by atoms with Crippen molar-refractivity contribution < 1.29 is 24.2 Å². The molecule has 8 heteroatoms. The summed E-state index contributed by atoms with van der Waals surface area (Å²) in [7, 11) is 0. The predicted molar refractivity (Wildman–Crippen MR) is 111 cm³/mol. The summed E-state index contributed by atoms with van der Waals surface area (Å²) in [5.41, 5.74) is 0.273. The molecule has 1 aliphatic rings. The van der Waals surface area contributed by atoms with Crippen molar-refractivity contribution in [3.8, 4) is 17.4 Å². The summed E-state index contributed by atoms with van der Waals surface area (Å²) in [6.45, 7) is 2.37. The van der Waals surface area contributed by atoms with E-state index in [0.717, 1.165) is 19.3 Å². The van der Waals surface area contributed by atoms with Gasteiger partial charge in [0.1, 0.15) is 5.56 Å². The first kappa shape index (κ1) is 21.6. The zero-order valence-corrected chi connectivity index (χ0v) is 17.0. The Balaban J connectivity index is 1.89. The van der Waals surface area contributed by atoms with E-state index in [1.54, 1.807) is 31.3 Å². The van der Waals surface area contributed by atoms with Gasteiger partial charge in [-0.15, -0.1) is 0 Å². The molecule has 0 radical (unpaired) electrons. The first-order chi connectivity index (χ1) is 14.6. The number of fused-ring (bicyclic) bond motifs is 2. The third-order valence-corrected chi connectivity index (χ3v) is 4.69. The van der Waals surface area contributed by atoms with Crippen LogP contribution in [0.3, 0.4) is 0 Å². The van der Waals surface area contributed by atoms with E-state index in [0.29, 0.717) is 24.7 Å². The Bertz CT molecular complexity index is 873. The number of ether oxygens (including phenoxy) is 2. The number of pyridine rings is 1. The van der Waals surface area contributed by atoms with E-state index in [9.17, 15) is 9.59 Å². The summed E-state index contributed by atoms with van der Waals surface area (Å²) in [6, 6.07) is 10.2. The molecular formula is C22H27N3O5. The van der Waals surface area contributed by atoms with Crippen LogP contribution in [0, 0.1) is 0 Å². The summed E-state index contributed by atoms with van der Waals surface area (Å²) in [5, 5.41) is 11.8. The normalized spacial score (nSPS) is 15.8. The number of para-hydroxylation sites is 2. The monoisotopic (exact) mass is 413 g/mol. The Morgan fingerprint density at radius 1 is 1.20 bits per heavy atom. The van der Waals surface area contributed by atoms with Crippen molar-refractivity contribution in [2.45, 2.75) is 32.2 Å². The van der Waals surface area contributed by atoms with Gasteiger partial charge >= 0.3 is 0 Å². The van der Waals surface area contributed by atoms with Gasteiger partial charge in [-0.2, -0.15) is 0 Å². The number of nitrogens with one attached hydrogen (secondary N) is 1. The number of aliphatic hydroxyl groups excluding tert-OH is 1. The molecule has 1 aromatic heterocycles. The predicted octanol–water partition coefficient (Wildman–Crippen LogP) is 2.38. The van der Waals surface area contributed by atoms with Gasteiger partial charge in [0.25, 0.3) is 5.91 Å². The number of hydrogen-bond donors (Lipinski definition) is 2. The van der Waals surface area contributed by atoms with Crippen LogP contribution in [-0.4, -0.2) is 59.1 Å². The second-order valence-electron chi connectivity index (χ2n) is 7.19. The van der Waals surface area contributed by atoms with Crippen molar-refractivity contribution in [3.05, 3.63) is 48.2 Å². The highest BCUT2D eigenvalue weighted by Gasteiger charge is 2.24. The van der Waals surface area contributed by atoms with Gasteiger partial charge in [-0.25, -0.2) is 4.98 Å². The molecule has 0 bridgehead atoms. The van der Waals surface area contributed by atoms with Crippen LogP contribution in [0.25, 0.3) is 0 Å². The molecular weight excluding hydrogens is 386 g/mol. The second kappa shape index (κ2) is 10.6. The maximum Gasteiger partial charge on any atom is 0.259 e. The molecule has 30 heavy (non-hydrogen) atoms.